The average Bonchev–Trinajstić information content (AvgIpc) is 2.67. The van der Waals surface area contributed by atoms with Crippen LogP contribution in [0.2, 0.25) is 0 Å². The van der Waals surface area contributed by atoms with Crippen molar-refractivity contribution in [2.75, 3.05) is 21.3 Å². The molecule has 0 saturated carbocycles. The Morgan fingerprint density at radius 2 is 1.67 bits per heavy atom. The molecule has 0 saturated heterocycles. The minimum absolute atomic E-state index is 0.0557. The van der Waals surface area contributed by atoms with E-state index in [4.69, 9.17) is 9.47 Å². The highest BCUT2D eigenvalue weighted by Crippen LogP contribution is 2.28. The van der Waals surface area contributed by atoms with Gasteiger partial charge in [-0.3, -0.25) is 9.59 Å². The Bertz CT molecular complexity index is 791. The van der Waals surface area contributed by atoms with Crippen molar-refractivity contribution in [2.45, 2.75) is 18.9 Å². The van der Waals surface area contributed by atoms with Gasteiger partial charge in [-0.2, -0.15) is 0 Å². The quantitative estimate of drug-likeness (QED) is 0.718. The maximum absolute atomic E-state index is 13.2. The molecule has 1 amide bonds. The zero-order chi connectivity index (χ0) is 19.8. The summed E-state index contributed by atoms with van der Waals surface area (Å²) in [5.74, 6) is -0.0765. The molecule has 0 heterocycles. The highest BCUT2D eigenvalue weighted by molar-refractivity contribution is 5.80. The third-order valence-electron chi connectivity index (χ3n) is 4.02. The summed E-state index contributed by atoms with van der Waals surface area (Å²) in [7, 11) is 4.32. The van der Waals surface area contributed by atoms with E-state index in [0.29, 0.717) is 17.1 Å². The standard InChI is InChI=1S/C20H22FNO5/c1-25-17-9-4-13(10-18(17)26-2)11-19(23)22-16(12-20(24)27-3)14-5-7-15(21)8-6-14/h4-10,16H,11-12H2,1-3H3,(H,22,23)/t16-/m1/s1. The highest BCUT2D eigenvalue weighted by atomic mass is 19.1. The van der Waals surface area contributed by atoms with Gasteiger partial charge in [-0.1, -0.05) is 18.2 Å². The number of rotatable bonds is 8. The molecule has 2 aromatic rings. The Balaban J connectivity index is 2.13. The van der Waals surface area contributed by atoms with Gasteiger partial charge in [-0.25, -0.2) is 4.39 Å². The molecule has 0 aromatic heterocycles. The first kappa shape index (κ1) is 20.2. The van der Waals surface area contributed by atoms with Gasteiger partial charge in [0.25, 0.3) is 0 Å². The normalized spacial score (nSPS) is 11.4. The maximum Gasteiger partial charge on any atom is 0.307 e. The lowest BCUT2D eigenvalue weighted by Crippen LogP contribution is -2.31. The summed E-state index contributed by atoms with van der Waals surface area (Å²) in [6.45, 7) is 0. The fourth-order valence-corrected chi connectivity index (χ4v) is 2.62. The third-order valence-corrected chi connectivity index (χ3v) is 4.02. The Morgan fingerprint density at radius 3 is 2.26 bits per heavy atom. The molecule has 0 unspecified atom stereocenters. The van der Waals surface area contributed by atoms with Crippen LogP contribution in [0.4, 0.5) is 4.39 Å². The number of hydrogen-bond acceptors (Lipinski definition) is 5. The van der Waals surface area contributed by atoms with Crippen LogP contribution >= 0.6 is 0 Å². The number of nitrogens with one attached hydrogen (secondary N) is 1. The molecule has 0 bridgehead atoms. The topological polar surface area (TPSA) is 73.9 Å². The molecule has 6 nitrogen and oxygen atoms in total. The van der Waals surface area contributed by atoms with E-state index >= 15 is 0 Å². The molecule has 1 N–H and O–H groups in total. The predicted octanol–water partition coefficient (Wildman–Crippen LogP) is 2.81. The number of halogens is 1. The second kappa shape index (κ2) is 9.56. The fraction of sp³-hybridized carbons (Fsp3) is 0.300. The van der Waals surface area contributed by atoms with Crippen LogP contribution in [0.15, 0.2) is 42.5 Å². The average molecular weight is 375 g/mol. The first-order valence-corrected chi connectivity index (χ1v) is 8.29. The number of carbonyl (C=O) groups excluding carboxylic acids is 2. The van der Waals surface area contributed by atoms with Crippen LogP contribution in [-0.4, -0.2) is 33.2 Å². The van der Waals surface area contributed by atoms with Gasteiger partial charge in [0, 0.05) is 0 Å². The van der Waals surface area contributed by atoms with Crippen molar-refractivity contribution in [3.8, 4) is 11.5 Å². The number of benzene rings is 2. The molecule has 2 rings (SSSR count). The first-order chi connectivity index (χ1) is 13.0. The fourth-order valence-electron chi connectivity index (χ4n) is 2.62. The second-order valence-electron chi connectivity index (χ2n) is 5.82. The van der Waals surface area contributed by atoms with Crippen molar-refractivity contribution in [1.29, 1.82) is 0 Å². The summed E-state index contributed by atoms with van der Waals surface area (Å²) in [5, 5.41) is 2.80. The summed E-state index contributed by atoms with van der Waals surface area (Å²) in [6, 6.07) is 10.2. The van der Waals surface area contributed by atoms with Crippen molar-refractivity contribution in [1.82, 2.24) is 5.32 Å². The van der Waals surface area contributed by atoms with E-state index in [1.807, 2.05) is 0 Å². The van der Waals surface area contributed by atoms with Crippen LogP contribution in [0.3, 0.4) is 0 Å². The van der Waals surface area contributed by atoms with Gasteiger partial charge in [-0.05, 0) is 35.4 Å². The Morgan fingerprint density at radius 1 is 1.00 bits per heavy atom. The van der Waals surface area contributed by atoms with Crippen LogP contribution in [0.5, 0.6) is 11.5 Å². The molecule has 0 radical (unpaired) electrons. The molecule has 27 heavy (non-hydrogen) atoms. The molecule has 1 atom stereocenters. The molecule has 0 aliphatic rings. The van der Waals surface area contributed by atoms with Crippen LogP contribution in [0.1, 0.15) is 23.6 Å². The highest BCUT2D eigenvalue weighted by Gasteiger charge is 2.19. The Kier molecular flexibility index (Phi) is 7.16. The van der Waals surface area contributed by atoms with E-state index in [-0.39, 0.29) is 18.7 Å². The molecule has 0 aliphatic heterocycles. The predicted molar refractivity (Wildman–Crippen MR) is 97.2 cm³/mol. The van der Waals surface area contributed by atoms with Crippen molar-refractivity contribution < 1.29 is 28.2 Å². The lowest BCUT2D eigenvalue weighted by molar-refractivity contribution is -0.141. The summed E-state index contributed by atoms with van der Waals surface area (Å²) < 4.78 is 28.3. The van der Waals surface area contributed by atoms with Gasteiger partial charge < -0.3 is 19.5 Å². The van der Waals surface area contributed by atoms with Crippen molar-refractivity contribution in [2.24, 2.45) is 0 Å². The van der Waals surface area contributed by atoms with Crippen LogP contribution in [0.25, 0.3) is 0 Å². The van der Waals surface area contributed by atoms with Crippen LogP contribution in [-0.2, 0) is 20.7 Å². The number of esters is 1. The van der Waals surface area contributed by atoms with Gasteiger partial charge in [0.15, 0.2) is 11.5 Å². The number of ether oxygens (including phenoxy) is 3. The molecule has 144 valence electrons. The minimum atomic E-state index is -0.620. The van der Waals surface area contributed by atoms with Gasteiger partial charge in [0.2, 0.25) is 5.91 Å². The molecular weight excluding hydrogens is 353 g/mol. The second-order valence-corrected chi connectivity index (χ2v) is 5.82. The van der Waals surface area contributed by atoms with E-state index in [1.54, 1.807) is 18.2 Å². The summed E-state index contributed by atoms with van der Waals surface area (Å²) in [4.78, 5) is 24.2. The largest absolute Gasteiger partial charge is 0.493 e. The minimum Gasteiger partial charge on any atom is -0.493 e. The third kappa shape index (κ3) is 5.70. The number of carbonyl (C=O) groups is 2. The van der Waals surface area contributed by atoms with Crippen molar-refractivity contribution in [3.05, 3.63) is 59.4 Å². The maximum atomic E-state index is 13.2. The molecule has 0 spiro atoms. The summed E-state index contributed by atoms with van der Waals surface area (Å²) >= 11 is 0. The molecule has 2 aromatic carbocycles. The van der Waals surface area contributed by atoms with E-state index in [0.717, 1.165) is 5.56 Å². The Labute approximate surface area is 157 Å². The van der Waals surface area contributed by atoms with Gasteiger partial charge in [0.1, 0.15) is 5.82 Å². The molecule has 0 fully saturated rings. The smallest absolute Gasteiger partial charge is 0.307 e. The monoisotopic (exact) mass is 375 g/mol. The van der Waals surface area contributed by atoms with Crippen molar-refractivity contribution >= 4 is 11.9 Å². The molecule has 0 aliphatic carbocycles. The zero-order valence-corrected chi connectivity index (χ0v) is 15.5. The summed E-state index contributed by atoms with van der Waals surface area (Å²) in [5.41, 5.74) is 1.34. The first-order valence-electron chi connectivity index (χ1n) is 8.29. The van der Waals surface area contributed by atoms with Gasteiger partial charge in [-0.15, -0.1) is 0 Å². The van der Waals surface area contributed by atoms with Crippen LogP contribution < -0.4 is 14.8 Å². The van der Waals surface area contributed by atoms with Gasteiger partial charge >= 0.3 is 5.97 Å². The van der Waals surface area contributed by atoms with Crippen molar-refractivity contribution in [3.63, 3.8) is 0 Å². The number of hydrogen-bond donors (Lipinski definition) is 1. The number of amides is 1. The lowest BCUT2D eigenvalue weighted by atomic mass is 10.0. The SMILES string of the molecule is COC(=O)C[C@@H](NC(=O)Cc1ccc(OC)c(OC)c1)c1ccc(F)cc1. The van der Waals surface area contributed by atoms with Gasteiger partial charge in [0.05, 0.1) is 40.2 Å². The number of methoxy groups -OCH3 is 3. The van der Waals surface area contributed by atoms with Crippen LogP contribution in [0, 0.1) is 5.82 Å². The Hall–Kier alpha value is -3.09. The molecular formula is C20H22FNO5. The zero-order valence-electron chi connectivity index (χ0n) is 15.5. The molecule has 7 heteroatoms. The van der Waals surface area contributed by atoms with E-state index in [9.17, 15) is 14.0 Å². The van der Waals surface area contributed by atoms with E-state index < -0.39 is 17.8 Å². The summed E-state index contributed by atoms with van der Waals surface area (Å²) in [6.07, 6.45) is 0.0268. The van der Waals surface area contributed by atoms with E-state index in [2.05, 4.69) is 10.1 Å². The lowest BCUT2D eigenvalue weighted by Gasteiger charge is -2.18. The van der Waals surface area contributed by atoms with E-state index in [1.165, 1.54) is 45.6 Å².